The molecule has 1 N–H and O–H groups in total. The van der Waals surface area contributed by atoms with Crippen LogP contribution in [0, 0.1) is 6.92 Å². The first kappa shape index (κ1) is 14.4. The van der Waals surface area contributed by atoms with Gasteiger partial charge in [0, 0.05) is 38.3 Å². The Morgan fingerprint density at radius 1 is 1.35 bits per heavy atom. The van der Waals surface area contributed by atoms with Gasteiger partial charge in [0.1, 0.15) is 0 Å². The summed E-state index contributed by atoms with van der Waals surface area (Å²) in [6.07, 6.45) is 5.35. The Hall–Kier alpha value is -0.580. The van der Waals surface area contributed by atoms with Crippen molar-refractivity contribution >= 4 is 11.6 Å². The summed E-state index contributed by atoms with van der Waals surface area (Å²) in [5, 5.41) is 9.00. The first-order valence-corrected chi connectivity index (χ1v) is 8.21. The van der Waals surface area contributed by atoms with Crippen LogP contribution < -0.4 is 5.32 Å². The predicted octanol–water partition coefficient (Wildman–Crippen LogP) is 2.58. The summed E-state index contributed by atoms with van der Waals surface area (Å²) in [6.45, 7) is 9.29. The standard InChI is InChI=1S/C15H25ClN4/c1-3-20-13(14(16)12(2)18-20)10-19-9-8-17-11-15(19)6-4-5-7-15/h17H,3-11H2,1-2H3. The van der Waals surface area contributed by atoms with Gasteiger partial charge in [0.25, 0.3) is 0 Å². The maximum Gasteiger partial charge on any atom is 0.0860 e. The van der Waals surface area contributed by atoms with Gasteiger partial charge in [-0.15, -0.1) is 0 Å². The van der Waals surface area contributed by atoms with Crippen LogP contribution in [0.3, 0.4) is 0 Å². The SMILES string of the molecule is CCn1nc(C)c(Cl)c1CN1CCNCC12CCCC2. The van der Waals surface area contributed by atoms with Crippen LogP contribution in [0.4, 0.5) is 0 Å². The van der Waals surface area contributed by atoms with Crippen molar-refractivity contribution in [1.82, 2.24) is 20.0 Å². The van der Waals surface area contributed by atoms with E-state index < -0.39 is 0 Å². The van der Waals surface area contributed by atoms with Crippen LogP contribution >= 0.6 is 11.6 Å². The lowest BCUT2D eigenvalue weighted by Crippen LogP contribution is -2.59. The number of aromatic nitrogens is 2. The minimum absolute atomic E-state index is 0.359. The van der Waals surface area contributed by atoms with E-state index in [4.69, 9.17) is 11.6 Å². The molecule has 0 atom stereocenters. The van der Waals surface area contributed by atoms with Gasteiger partial charge in [0.2, 0.25) is 0 Å². The molecule has 112 valence electrons. The number of nitrogens with zero attached hydrogens (tertiary/aromatic N) is 3. The van der Waals surface area contributed by atoms with Crippen LogP contribution in [0.15, 0.2) is 0 Å². The van der Waals surface area contributed by atoms with E-state index in [9.17, 15) is 0 Å². The lowest BCUT2D eigenvalue weighted by Gasteiger charge is -2.45. The normalized spacial score (nSPS) is 22.8. The monoisotopic (exact) mass is 296 g/mol. The van der Waals surface area contributed by atoms with E-state index in [-0.39, 0.29) is 0 Å². The van der Waals surface area contributed by atoms with Crippen LogP contribution in [0.2, 0.25) is 5.02 Å². The molecule has 20 heavy (non-hydrogen) atoms. The lowest BCUT2D eigenvalue weighted by molar-refractivity contribution is 0.0548. The first-order valence-electron chi connectivity index (χ1n) is 7.84. The Bertz CT molecular complexity index is 476. The topological polar surface area (TPSA) is 33.1 Å². The van der Waals surface area contributed by atoms with Crippen molar-refractivity contribution in [2.75, 3.05) is 19.6 Å². The van der Waals surface area contributed by atoms with Gasteiger partial charge >= 0.3 is 0 Å². The number of hydrogen-bond acceptors (Lipinski definition) is 3. The number of aryl methyl sites for hydroxylation is 2. The molecule has 0 bridgehead atoms. The van der Waals surface area contributed by atoms with Gasteiger partial charge in [-0.05, 0) is 26.7 Å². The van der Waals surface area contributed by atoms with E-state index in [1.54, 1.807) is 0 Å². The molecule has 2 aliphatic rings. The first-order chi connectivity index (χ1) is 9.66. The number of rotatable bonds is 3. The molecule has 1 aromatic rings. The molecule has 1 saturated heterocycles. The molecule has 1 aromatic heterocycles. The van der Waals surface area contributed by atoms with Crippen molar-refractivity contribution in [3.05, 3.63) is 16.4 Å². The minimum Gasteiger partial charge on any atom is -0.314 e. The molecule has 1 spiro atoms. The maximum absolute atomic E-state index is 6.48. The van der Waals surface area contributed by atoms with Crippen LogP contribution in [-0.2, 0) is 13.1 Å². The highest BCUT2D eigenvalue weighted by Gasteiger charge is 2.41. The van der Waals surface area contributed by atoms with Crippen molar-refractivity contribution in [3.63, 3.8) is 0 Å². The number of piperazine rings is 1. The third-order valence-corrected chi connectivity index (χ3v) is 5.50. The molecule has 0 unspecified atom stereocenters. The second-order valence-electron chi connectivity index (χ2n) is 6.19. The van der Waals surface area contributed by atoms with Gasteiger partial charge in [0.05, 0.1) is 16.4 Å². The molecule has 3 rings (SSSR count). The Labute approximate surface area is 126 Å². The predicted molar refractivity (Wildman–Crippen MR) is 82.1 cm³/mol. The molecular formula is C15H25ClN4. The fraction of sp³-hybridized carbons (Fsp3) is 0.800. The fourth-order valence-electron chi connectivity index (χ4n) is 3.86. The summed E-state index contributed by atoms with van der Waals surface area (Å²) in [5.41, 5.74) is 2.51. The van der Waals surface area contributed by atoms with Crippen LogP contribution in [0.5, 0.6) is 0 Å². The number of hydrogen-bond donors (Lipinski definition) is 1. The average Bonchev–Trinajstić information content (AvgIpc) is 3.02. The van der Waals surface area contributed by atoms with Crippen molar-refractivity contribution < 1.29 is 0 Å². The van der Waals surface area contributed by atoms with E-state index in [0.29, 0.717) is 5.54 Å². The zero-order valence-corrected chi connectivity index (χ0v) is 13.3. The van der Waals surface area contributed by atoms with E-state index >= 15 is 0 Å². The Morgan fingerprint density at radius 2 is 2.10 bits per heavy atom. The van der Waals surface area contributed by atoms with Gasteiger partial charge < -0.3 is 5.32 Å². The molecule has 5 heteroatoms. The Kier molecular flexibility index (Phi) is 4.07. The molecular weight excluding hydrogens is 272 g/mol. The second kappa shape index (κ2) is 5.66. The summed E-state index contributed by atoms with van der Waals surface area (Å²) in [6, 6.07) is 0. The van der Waals surface area contributed by atoms with Gasteiger partial charge in [-0.2, -0.15) is 5.10 Å². The van der Waals surface area contributed by atoms with Crippen LogP contribution in [-0.4, -0.2) is 39.9 Å². The van der Waals surface area contributed by atoms with E-state index in [1.165, 1.54) is 31.4 Å². The highest BCUT2D eigenvalue weighted by atomic mass is 35.5. The summed E-state index contributed by atoms with van der Waals surface area (Å²) >= 11 is 6.48. The summed E-state index contributed by atoms with van der Waals surface area (Å²) < 4.78 is 2.07. The van der Waals surface area contributed by atoms with E-state index in [1.807, 2.05) is 6.92 Å². The largest absolute Gasteiger partial charge is 0.314 e. The van der Waals surface area contributed by atoms with Gasteiger partial charge in [0.15, 0.2) is 0 Å². The molecule has 1 aliphatic heterocycles. The average molecular weight is 297 g/mol. The maximum atomic E-state index is 6.48. The number of nitrogens with one attached hydrogen (secondary N) is 1. The molecule has 2 fully saturated rings. The molecule has 1 saturated carbocycles. The van der Waals surface area contributed by atoms with Crippen molar-refractivity contribution in [3.8, 4) is 0 Å². The lowest BCUT2D eigenvalue weighted by atomic mass is 9.92. The molecule has 0 amide bonds. The van der Waals surface area contributed by atoms with Gasteiger partial charge in [-0.25, -0.2) is 0 Å². The van der Waals surface area contributed by atoms with Gasteiger partial charge in [-0.3, -0.25) is 9.58 Å². The number of halogens is 1. The highest BCUT2D eigenvalue weighted by molar-refractivity contribution is 6.31. The molecule has 0 radical (unpaired) electrons. The molecule has 4 nitrogen and oxygen atoms in total. The van der Waals surface area contributed by atoms with Gasteiger partial charge in [-0.1, -0.05) is 24.4 Å². The highest BCUT2D eigenvalue weighted by Crippen LogP contribution is 2.37. The zero-order valence-electron chi connectivity index (χ0n) is 12.6. The zero-order chi connectivity index (χ0) is 14.2. The molecule has 0 aromatic carbocycles. The molecule has 2 heterocycles. The second-order valence-corrected chi connectivity index (χ2v) is 6.57. The van der Waals surface area contributed by atoms with Crippen molar-refractivity contribution in [1.29, 1.82) is 0 Å². The minimum atomic E-state index is 0.359. The Morgan fingerprint density at radius 3 is 2.80 bits per heavy atom. The summed E-state index contributed by atoms with van der Waals surface area (Å²) in [7, 11) is 0. The smallest absolute Gasteiger partial charge is 0.0860 e. The quantitative estimate of drug-likeness (QED) is 0.931. The summed E-state index contributed by atoms with van der Waals surface area (Å²) in [4.78, 5) is 2.66. The third kappa shape index (κ3) is 2.38. The van der Waals surface area contributed by atoms with E-state index in [0.717, 1.165) is 43.4 Å². The van der Waals surface area contributed by atoms with Crippen LogP contribution in [0.25, 0.3) is 0 Å². The summed E-state index contributed by atoms with van der Waals surface area (Å²) in [5.74, 6) is 0. The molecule has 1 aliphatic carbocycles. The van der Waals surface area contributed by atoms with Crippen molar-refractivity contribution in [2.45, 2.75) is 58.2 Å². The Balaban J connectivity index is 1.85. The van der Waals surface area contributed by atoms with Crippen molar-refractivity contribution in [2.24, 2.45) is 0 Å². The van der Waals surface area contributed by atoms with Crippen LogP contribution in [0.1, 0.15) is 44.0 Å². The van der Waals surface area contributed by atoms with E-state index in [2.05, 4.69) is 26.9 Å². The fourth-order valence-corrected chi connectivity index (χ4v) is 4.05. The third-order valence-electron chi connectivity index (χ3n) is 5.01.